The molecule has 0 aliphatic heterocycles. The number of halogens is 3. The van der Waals surface area contributed by atoms with E-state index in [9.17, 15) is 18.0 Å². The number of para-hydroxylation sites is 1. The van der Waals surface area contributed by atoms with E-state index in [2.05, 4.69) is 15.2 Å². The topological polar surface area (TPSA) is 102 Å². The summed E-state index contributed by atoms with van der Waals surface area (Å²) < 4.78 is 60.9. The van der Waals surface area contributed by atoms with Gasteiger partial charge in [-0.15, -0.1) is 0 Å². The molecule has 2 heterocycles. The molecule has 0 atom stereocenters. The summed E-state index contributed by atoms with van der Waals surface area (Å²) in [6, 6.07) is 11.5. The lowest BCUT2D eigenvalue weighted by molar-refractivity contribution is -0.137. The standard InChI is InChI=1S/C22H17F3N4O5/c1-31-16-9-4-3-8-15(16)20-26-18(34-28-20)12-33-21(30)19-17(32-2)11-29(27-19)14-7-5-6-13(10-14)22(23,24)25/h3-11H,12H2,1-2H3. The molecule has 0 spiro atoms. The van der Waals surface area contributed by atoms with E-state index in [1.54, 1.807) is 24.3 Å². The quantitative estimate of drug-likeness (QED) is 0.365. The Morgan fingerprint density at radius 2 is 1.82 bits per heavy atom. The van der Waals surface area contributed by atoms with E-state index >= 15 is 0 Å². The van der Waals surface area contributed by atoms with Crippen molar-refractivity contribution in [1.82, 2.24) is 19.9 Å². The molecule has 0 unspecified atom stereocenters. The maximum absolute atomic E-state index is 13.0. The molecule has 0 aliphatic carbocycles. The Morgan fingerprint density at radius 3 is 2.56 bits per heavy atom. The van der Waals surface area contributed by atoms with E-state index in [0.29, 0.717) is 11.3 Å². The first-order valence-electron chi connectivity index (χ1n) is 9.74. The van der Waals surface area contributed by atoms with E-state index in [4.69, 9.17) is 18.7 Å². The lowest BCUT2D eigenvalue weighted by atomic mass is 10.2. The molecule has 2 aromatic carbocycles. The van der Waals surface area contributed by atoms with Crippen LogP contribution in [0.2, 0.25) is 0 Å². The van der Waals surface area contributed by atoms with Gasteiger partial charge in [0.2, 0.25) is 11.5 Å². The summed E-state index contributed by atoms with van der Waals surface area (Å²) in [4.78, 5) is 16.8. The van der Waals surface area contributed by atoms with Crippen LogP contribution in [-0.2, 0) is 17.5 Å². The van der Waals surface area contributed by atoms with Gasteiger partial charge >= 0.3 is 12.1 Å². The zero-order valence-electron chi connectivity index (χ0n) is 17.9. The molecule has 0 aliphatic rings. The van der Waals surface area contributed by atoms with Gasteiger partial charge in [-0.1, -0.05) is 23.4 Å². The molecular formula is C22H17F3N4O5. The largest absolute Gasteiger partial charge is 0.496 e. The van der Waals surface area contributed by atoms with E-state index in [0.717, 1.165) is 16.8 Å². The first-order chi connectivity index (χ1) is 16.3. The number of alkyl halides is 3. The van der Waals surface area contributed by atoms with Crippen LogP contribution in [0.15, 0.2) is 59.3 Å². The third-order valence-corrected chi connectivity index (χ3v) is 4.67. The number of carbonyl (C=O) groups is 1. The van der Waals surface area contributed by atoms with E-state index in [-0.39, 0.29) is 35.5 Å². The summed E-state index contributed by atoms with van der Waals surface area (Å²) >= 11 is 0. The van der Waals surface area contributed by atoms with Crippen LogP contribution < -0.4 is 9.47 Å². The molecule has 4 rings (SSSR count). The van der Waals surface area contributed by atoms with Crippen LogP contribution in [0.4, 0.5) is 13.2 Å². The van der Waals surface area contributed by atoms with Gasteiger partial charge in [0.25, 0.3) is 5.89 Å². The van der Waals surface area contributed by atoms with Crippen molar-refractivity contribution >= 4 is 5.97 Å². The molecule has 176 valence electrons. The maximum Gasteiger partial charge on any atom is 0.416 e. The molecule has 0 saturated carbocycles. The highest BCUT2D eigenvalue weighted by Crippen LogP contribution is 2.31. The maximum atomic E-state index is 13.0. The van der Waals surface area contributed by atoms with Gasteiger partial charge in [0.15, 0.2) is 12.4 Å². The van der Waals surface area contributed by atoms with Gasteiger partial charge in [-0.3, -0.25) is 0 Å². The molecule has 4 aromatic rings. The van der Waals surface area contributed by atoms with Crippen molar-refractivity contribution in [1.29, 1.82) is 0 Å². The average Bonchev–Trinajstić information content (AvgIpc) is 3.49. The Labute approximate surface area is 190 Å². The van der Waals surface area contributed by atoms with Crippen molar-refractivity contribution in [3.63, 3.8) is 0 Å². The number of hydrogen-bond donors (Lipinski definition) is 0. The highest BCUT2D eigenvalue weighted by atomic mass is 19.4. The van der Waals surface area contributed by atoms with Crippen molar-refractivity contribution in [2.45, 2.75) is 12.8 Å². The van der Waals surface area contributed by atoms with Gasteiger partial charge in [-0.05, 0) is 30.3 Å². The molecule has 0 saturated heterocycles. The van der Waals surface area contributed by atoms with Crippen LogP contribution >= 0.6 is 0 Å². The predicted octanol–water partition coefficient (Wildman–Crippen LogP) is 4.32. The number of nitrogens with zero attached hydrogens (tertiary/aromatic N) is 4. The number of ether oxygens (including phenoxy) is 3. The monoisotopic (exact) mass is 474 g/mol. The molecule has 0 amide bonds. The second-order valence-corrected chi connectivity index (χ2v) is 6.83. The lowest BCUT2D eigenvalue weighted by Crippen LogP contribution is -2.09. The molecule has 12 heteroatoms. The second-order valence-electron chi connectivity index (χ2n) is 6.83. The Bertz CT molecular complexity index is 1320. The number of esters is 1. The molecule has 9 nitrogen and oxygen atoms in total. The number of rotatable bonds is 7. The Balaban J connectivity index is 1.50. The average molecular weight is 474 g/mol. The third kappa shape index (κ3) is 4.70. The zero-order valence-corrected chi connectivity index (χ0v) is 17.9. The van der Waals surface area contributed by atoms with Gasteiger partial charge in [-0.25, -0.2) is 9.48 Å². The molecular weight excluding hydrogens is 457 g/mol. The van der Waals surface area contributed by atoms with E-state index in [1.807, 2.05) is 0 Å². The number of benzene rings is 2. The normalized spacial score (nSPS) is 11.3. The van der Waals surface area contributed by atoms with Crippen molar-refractivity contribution in [2.75, 3.05) is 14.2 Å². The summed E-state index contributed by atoms with van der Waals surface area (Å²) in [6.07, 6.45) is -3.25. The summed E-state index contributed by atoms with van der Waals surface area (Å²) in [5, 5.41) is 7.89. The van der Waals surface area contributed by atoms with Gasteiger partial charge in [0, 0.05) is 0 Å². The second kappa shape index (κ2) is 9.25. The number of hydrogen-bond acceptors (Lipinski definition) is 8. The fourth-order valence-corrected chi connectivity index (χ4v) is 3.05. The van der Waals surface area contributed by atoms with Gasteiger partial charge in [-0.2, -0.15) is 23.3 Å². The van der Waals surface area contributed by atoms with E-state index < -0.39 is 17.7 Å². The molecule has 2 aromatic heterocycles. The Morgan fingerprint density at radius 1 is 1.06 bits per heavy atom. The minimum atomic E-state index is -4.53. The molecule has 0 radical (unpaired) electrons. The van der Waals surface area contributed by atoms with Crippen LogP contribution in [0.5, 0.6) is 11.5 Å². The highest BCUT2D eigenvalue weighted by molar-refractivity contribution is 5.90. The lowest BCUT2D eigenvalue weighted by Gasteiger charge is -2.08. The summed E-state index contributed by atoms with van der Waals surface area (Å²) in [7, 11) is 2.80. The van der Waals surface area contributed by atoms with Crippen LogP contribution in [0.1, 0.15) is 21.9 Å². The summed E-state index contributed by atoms with van der Waals surface area (Å²) in [5.41, 5.74) is -0.409. The number of aromatic nitrogens is 4. The van der Waals surface area contributed by atoms with Gasteiger partial charge < -0.3 is 18.7 Å². The van der Waals surface area contributed by atoms with Crippen molar-refractivity contribution in [2.24, 2.45) is 0 Å². The number of carbonyl (C=O) groups excluding carboxylic acids is 1. The van der Waals surface area contributed by atoms with Gasteiger partial charge in [0.05, 0.1) is 37.2 Å². The van der Waals surface area contributed by atoms with Crippen LogP contribution in [0.3, 0.4) is 0 Å². The Hall–Kier alpha value is -4.35. The highest BCUT2D eigenvalue weighted by Gasteiger charge is 2.31. The first-order valence-corrected chi connectivity index (χ1v) is 9.74. The molecule has 0 bridgehead atoms. The van der Waals surface area contributed by atoms with Crippen molar-refractivity contribution < 1.29 is 36.7 Å². The fraction of sp³-hybridized carbons (Fsp3) is 0.182. The summed E-state index contributed by atoms with van der Waals surface area (Å²) in [5.74, 6) is -0.0700. The van der Waals surface area contributed by atoms with Crippen LogP contribution in [0.25, 0.3) is 17.1 Å². The molecule has 34 heavy (non-hydrogen) atoms. The van der Waals surface area contributed by atoms with Crippen molar-refractivity contribution in [3.8, 4) is 28.6 Å². The third-order valence-electron chi connectivity index (χ3n) is 4.67. The SMILES string of the molecule is COc1ccccc1-c1noc(COC(=O)c2nn(-c3cccc(C(F)(F)F)c3)cc2OC)n1. The minimum Gasteiger partial charge on any atom is -0.496 e. The smallest absolute Gasteiger partial charge is 0.416 e. The molecule has 0 N–H and O–H groups in total. The van der Waals surface area contributed by atoms with Gasteiger partial charge in [0.1, 0.15) is 5.75 Å². The molecule has 0 fully saturated rings. The van der Waals surface area contributed by atoms with Crippen molar-refractivity contribution in [3.05, 3.63) is 71.9 Å². The summed E-state index contributed by atoms with van der Waals surface area (Å²) in [6.45, 7) is -0.361. The minimum absolute atomic E-state index is 0.0163. The van der Waals surface area contributed by atoms with Crippen LogP contribution in [-0.4, -0.2) is 40.1 Å². The predicted molar refractivity (Wildman–Crippen MR) is 111 cm³/mol. The zero-order chi connectivity index (χ0) is 24.3. The fourth-order valence-electron chi connectivity index (χ4n) is 3.05. The first kappa shape index (κ1) is 22.8. The number of methoxy groups -OCH3 is 2. The van der Waals surface area contributed by atoms with Crippen LogP contribution in [0, 0.1) is 0 Å². The Kier molecular flexibility index (Phi) is 6.21. The van der Waals surface area contributed by atoms with E-state index in [1.165, 1.54) is 32.5 Å².